The molecule has 2 amide bonds. The number of nitrogens with zero attached hydrogens (tertiary/aromatic N) is 3. The Morgan fingerprint density at radius 2 is 1.91 bits per heavy atom. The lowest BCUT2D eigenvalue weighted by molar-refractivity contribution is 0.0985. The number of hydrogen-bond donors (Lipinski definition) is 2. The monoisotopic (exact) mass is 515 g/mol. The first-order chi connectivity index (χ1) is 16.8. The lowest BCUT2D eigenvalue weighted by Crippen LogP contribution is -2.44. The third-order valence-electron chi connectivity index (χ3n) is 5.57. The van der Waals surface area contributed by atoms with Gasteiger partial charge in [0.25, 0.3) is 0 Å². The number of rotatable bonds is 6. The number of halogens is 1. The van der Waals surface area contributed by atoms with E-state index < -0.39 is 9.84 Å². The standard InChI is InChI=1S/C24H26ClN5O4S/c1-16-14-34-12-11-30(16)22-13-19(15-35(32,33)21-6-4-3-5-20(21)25)27-23(29-22)17-7-9-18(10-8-17)28-24(31)26-2/h3-10,13,16H,11-12,14-15H2,1-2H3,(H2,26,28,31)/t16-/m0/s1. The molecule has 2 aromatic carbocycles. The molecule has 4 rings (SSSR count). The van der Waals surface area contributed by atoms with Gasteiger partial charge in [0, 0.05) is 30.9 Å². The quantitative estimate of drug-likeness (QED) is 0.514. The molecule has 2 N–H and O–H groups in total. The first-order valence-corrected chi connectivity index (χ1v) is 13.1. The number of morpholine rings is 1. The van der Waals surface area contributed by atoms with E-state index in [9.17, 15) is 13.2 Å². The van der Waals surface area contributed by atoms with Crippen LogP contribution in [0.2, 0.25) is 5.02 Å². The van der Waals surface area contributed by atoms with E-state index >= 15 is 0 Å². The van der Waals surface area contributed by atoms with Crippen molar-refractivity contribution in [3.63, 3.8) is 0 Å². The van der Waals surface area contributed by atoms with Crippen molar-refractivity contribution in [2.45, 2.75) is 23.6 Å². The minimum Gasteiger partial charge on any atom is -0.377 e. The zero-order valence-corrected chi connectivity index (χ0v) is 20.9. The molecule has 11 heteroatoms. The average Bonchev–Trinajstić information content (AvgIpc) is 2.84. The molecule has 0 aliphatic carbocycles. The molecule has 9 nitrogen and oxygen atoms in total. The Kier molecular flexibility index (Phi) is 7.54. The Labute approximate surface area is 209 Å². The molecule has 1 fully saturated rings. The summed E-state index contributed by atoms with van der Waals surface area (Å²) in [7, 11) is -2.21. The molecule has 0 bridgehead atoms. The fourth-order valence-corrected chi connectivity index (χ4v) is 5.60. The van der Waals surface area contributed by atoms with Crippen LogP contribution >= 0.6 is 11.6 Å². The highest BCUT2D eigenvalue weighted by Gasteiger charge is 2.24. The molecule has 1 aliphatic heterocycles. The van der Waals surface area contributed by atoms with Crippen LogP contribution in [-0.2, 0) is 20.3 Å². The molecule has 1 atom stereocenters. The minimum atomic E-state index is -3.75. The van der Waals surface area contributed by atoms with Gasteiger partial charge in [-0.05, 0) is 43.3 Å². The number of amides is 2. The van der Waals surface area contributed by atoms with Gasteiger partial charge in [0.15, 0.2) is 15.7 Å². The van der Waals surface area contributed by atoms with Crippen LogP contribution in [0.4, 0.5) is 16.3 Å². The van der Waals surface area contributed by atoms with Crippen LogP contribution in [0.3, 0.4) is 0 Å². The fourth-order valence-electron chi connectivity index (χ4n) is 3.77. The summed E-state index contributed by atoms with van der Waals surface area (Å²) in [6.45, 7) is 3.76. The van der Waals surface area contributed by atoms with Gasteiger partial charge >= 0.3 is 6.03 Å². The first kappa shape index (κ1) is 24.9. The highest BCUT2D eigenvalue weighted by Crippen LogP contribution is 2.28. The largest absolute Gasteiger partial charge is 0.377 e. The van der Waals surface area contributed by atoms with Crippen molar-refractivity contribution >= 4 is 39.0 Å². The molecule has 3 aromatic rings. The zero-order valence-electron chi connectivity index (χ0n) is 19.4. The van der Waals surface area contributed by atoms with Crippen molar-refractivity contribution in [2.24, 2.45) is 0 Å². The average molecular weight is 516 g/mol. The van der Waals surface area contributed by atoms with E-state index in [0.717, 1.165) is 0 Å². The Bertz CT molecular complexity index is 1320. The summed E-state index contributed by atoms with van der Waals surface area (Å²) in [5.74, 6) is 0.689. The van der Waals surface area contributed by atoms with Gasteiger partial charge in [0.05, 0.1) is 40.6 Å². The molecule has 0 spiro atoms. The van der Waals surface area contributed by atoms with E-state index in [1.54, 1.807) is 48.5 Å². The van der Waals surface area contributed by atoms with Gasteiger partial charge in [0.1, 0.15) is 5.82 Å². The summed E-state index contributed by atoms with van der Waals surface area (Å²) < 4.78 is 31.9. The smallest absolute Gasteiger partial charge is 0.318 e. The molecular formula is C24H26ClN5O4S. The first-order valence-electron chi connectivity index (χ1n) is 11.1. The molecule has 0 radical (unpaired) electrons. The molecule has 1 aromatic heterocycles. The van der Waals surface area contributed by atoms with E-state index in [4.69, 9.17) is 21.3 Å². The number of hydrogen-bond acceptors (Lipinski definition) is 7. The molecular weight excluding hydrogens is 490 g/mol. The number of nitrogens with one attached hydrogen (secondary N) is 2. The maximum absolute atomic E-state index is 13.2. The third-order valence-corrected chi connectivity index (χ3v) is 7.71. The second-order valence-corrected chi connectivity index (χ2v) is 10.5. The number of urea groups is 1. The predicted octanol–water partition coefficient (Wildman–Crippen LogP) is 3.75. The molecule has 184 valence electrons. The number of carbonyl (C=O) groups excluding carboxylic acids is 1. The van der Waals surface area contributed by atoms with Gasteiger partial charge in [-0.25, -0.2) is 23.2 Å². The third kappa shape index (κ3) is 5.90. The number of carbonyl (C=O) groups is 1. The van der Waals surface area contributed by atoms with E-state index in [2.05, 4.69) is 20.5 Å². The van der Waals surface area contributed by atoms with Crippen molar-refractivity contribution in [3.8, 4) is 11.4 Å². The molecule has 2 heterocycles. The van der Waals surface area contributed by atoms with Crippen LogP contribution in [0.1, 0.15) is 12.6 Å². The second-order valence-electron chi connectivity index (χ2n) is 8.13. The van der Waals surface area contributed by atoms with Crippen LogP contribution in [0.5, 0.6) is 0 Å². The summed E-state index contributed by atoms with van der Waals surface area (Å²) in [5.41, 5.74) is 1.65. The van der Waals surface area contributed by atoms with E-state index in [1.165, 1.54) is 13.1 Å². The van der Waals surface area contributed by atoms with Crippen molar-refractivity contribution in [3.05, 3.63) is 65.3 Å². The minimum absolute atomic E-state index is 0.0627. The van der Waals surface area contributed by atoms with Gasteiger partial charge < -0.3 is 20.3 Å². The van der Waals surface area contributed by atoms with Crippen molar-refractivity contribution < 1.29 is 17.9 Å². The van der Waals surface area contributed by atoms with E-state index in [1.807, 2.05) is 6.92 Å². The zero-order chi connectivity index (χ0) is 25.0. The van der Waals surface area contributed by atoms with Crippen LogP contribution in [-0.4, -0.2) is 57.3 Å². The molecule has 0 unspecified atom stereocenters. The summed E-state index contributed by atoms with van der Waals surface area (Å²) >= 11 is 6.17. The number of aromatic nitrogens is 2. The van der Waals surface area contributed by atoms with Gasteiger partial charge in [-0.15, -0.1) is 0 Å². The van der Waals surface area contributed by atoms with Crippen LogP contribution < -0.4 is 15.5 Å². The van der Waals surface area contributed by atoms with Gasteiger partial charge in [-0.1, -0.05) is 23.7 Å². The Morgan fingerprint density at radius 1 is 1.17 bits per heavy atom. The van der Waals surface area contributed by atoms with E-state index in [-0.39, 0.29) is 27.7 Å². The number of benzene rings is 2. The molecule has 35 heavy (non-hydrogen) atoms. The van der Waals surface area contributed by atoms with Gasteiger partial charge in [-0.3, -0.25) is 0 Å². The summed E-state index contributed by atoms with van der Waals surface area (Å²) in [5, 5.41) is 5.37. The summed E-state index contributed by atoms with van der Waals surface area (Å²) in [4.78, 5) is 23.0. The summed E-state index contributed by atoms with van der Waals surface area (Å²) in [6, 6.07) is 14.8. The Hall–Kier alpha value is -3.21. The van der Waals surface area contributed by atoms with Gasteiger partial charge in [-0.2, -0.15) is 0 Å². The highest BCUT2D eigenvalue weighted by atomic mass is 35.5. The topological polar surface area (TPSA) is 114 Å². The van der Waals surface area contributed by atoms with E-state index in [0.29, 0.717) is 48.3 Å². The number of anilines is 2. The van der Waals surface area contributed by atoms with Crippen LogP contribution in [0.25, 0.3) is 11.4 Å². The Balaban J connectivity index is 1.72. The van der Waals surface area contributed by atoms with Crippen molar-refractivity contribution in [1.29, 1.82) is 0 Å². The maximum Gasteiger partial charge on any atom is 0.318 e. The number of ether oxygens (including phenoxy) is 1. The normalized spacial score (nSPS) is 16.1. The highest BCUT2D eigenvalue weighted by molar-refractivity contribution is 7.90. The van der Waals surface area contributed by atoms with Crippen LogP contribution in [0, 0.1) is 0 Å². The predicted molar refractivity (Wildman–Crippen MR) is 136 cm³/mol. The Morgan fingerprint density at radius 3 is 2.60 bits per heavy atom. The molecule has 1 aliphatic rings. The van der Waals surface area contributed by atoms with Gasteiger partial charge in [0.2, 0.25) is 0 Å². The van der Waals surface area contributed by atoms with Crippen LogP contribution in [0.15, 0.2) is 59.5 Å². The summed E-state index contributed by atoms with van der Waals surface area (Å²) in [6.07, 6.45) is 0. The maximum atomic E-state index is 13.2. The van der Waals surface area contributed by atoms with Crippen molar-refractivity contribution in [2.75, 3.05) is 37.0 Å². The molecule has 0 saturated carbocycles. The molecule has 1 saturated heterocycles. The SMILES string of the molecule is CNC(=O)Nc1ccc(-c2nc(CS(=O)(=O)c3ccccc3Cl)cc(N3CCOC[C@@H]3C)n2)cc1. The fraction of sp³-hybridized carbons (Fsp3) is 0.292. The number of sulfone groups is 1. The van der Waals surface area contributed by atoms with Crippen molar-refractivity contribution in [1.82, 2.24) is 15.3 Å². The second kappa shape index (κ2) is 10.6. The lowest BCUT2D eigenvalue weighted by Gasteiger charge is -2.34. The lowest BCUT2D eigenvalue weighted by atomic mass is 10.2.